The minimum absolute atomic E-state index is 0.578. The first kappa shape index (κ1) is 15.5. The molecular weight excluding hydrogens is 274 g/mol. The minimum Gasteiger partial charge on any atom is -0.493 e. The van der Waals surface area contributed by atoms with Gasteiger partial charge in [0.2, 0.25) is 0 Å². The van der Waals surface area contributed by atoms with Crippen LogP contribution in [0.5, 0.6) is 11.5 Å². The number of nitrogens with one attached hydrogen (secondary N) is 1. The van der Waals surface area contributed by atoms with Crippen molar-refractivity contribution in [1.82, 2.24) is 5.32 Å². The molecule has 1 aromatic carbocycles. The van der Waals surface area contributed by atoms with Crippen LogP contribution in [0.15, 0.2) is 12.1 Å². The number of hydrogen-bond acceptors (Lipinski definition) is 3. The molecule has 4 heteroatoms. The Morgan fingerprint density at radius 3 is 2.50 bits per heavy atom. The Morgan fingerprint density at radius 1 is 1.20 bits per heavy atom. The highest BCUT2D eigenvalue weighted by atomic mass is 35.5. The maximum atomic E-state index is 6.40. The van der Waals surface area contributed by atoms with Crippen molar-refractivity contribution in [2.75, 3.05) is 14.2 Å². The van der Waals surface area contributed by atoms with E-state index in [0.717, 1.165) is 18.0 Å². The van der Waals surface area contributed by atoms with Crippen molar-refractivity contribution in [3.05, 3.63) is 22.7 Å². The summed E-state index contributed by atoms with van der Waals surface area (Å²) in [5.41, 5.74) is 1.05. The SMILES string of the molecule is COc1ccc(CNC2CCC(C)C2C)c(Cl)c1OC. The van der Waals surface area contributed by atoms with Gasteiger partial charge in [0.15, 0.2) is 11.5 Å². The number of ether oxygens (including phenoxy) is 2. The van der Waals surface area contributed by atoms with Crippen LogP contribution in [0.1, 0.15) is 32.3 Å². The van der Waals surface area contributed by atoms with Gasteiger partial charge in [-0.25, -0.2) is 0 Å². The van der Waals surface area contributed by atoms with Gasteiger partial charge in [0.25, 0.3) is 0 Å². The van der Waals surface area contributed by atoms with Gasteiger partial charge in [0, 0.05) is 12.6 Å². The minimum atomic E-state index is 0.578. The van der Waals surface area contributed by atoms with Crippen molar-refractivity contribution in [1.29, 1.82) is 0 Å². The topological polar surface area (TPSA) is 30.5 Å². The fraction of sp³-hybridized carbons (Fsp3) is 0.625. The lowest BCUT2D eigenvalue weighted by atomic mass is 9.97. The second-order valence-corrected chi connectivity index (χ2v) is 6.05. The van der Waals surface area contributed by atoms with Crippen LogP contribution in [0.25, 0.3) is 0 Å². The highest BCUT2D eigenvalue weighted by Crippen LogP contribution is 2.37. The molecule has 1 N–H and O–H groups in total. The van der Waals surface area contributed by atoms with Crippen LogP contribution in [0.3, 0.4) is 0 Å². The van der Waals surface area contributed by atoms with Crippen molar-refractivity contribution in [2.24, 2.45) is 11.8 Å². The second-order valence-electron chi connectivity index (χ2n) is 5.68. The highest BCUT2D eigenvalue weighted by molar-refractivity contribution is 6.33. The number of benzene rings is 1. The third-order valence-corrected chi connectivity index (χ3v) is 5.00. The van der Waals surface area contributed by atoms with E-state index in [1.54, 1.807) is 14.2 Å². The van der Waals surface area contributed by atoms with Crippen LogP contribution in [-0.2, 0) is 6.54 Å². The molecule has 3 atom stereocenters. The Hall–Kier alpha value is -0.930. The van der Waals surface area contributed by atoms with E-state index in [4.69, 9.17) is 21.1 Å². The largest absolute Gasteiger partial charge is 0.493 e. The van der Waals surface area contributed by atoms with Crippen molar-refractivity contribution in [2.45, 2.75) is 39.3 Å². The smallest absolute Gasteiger partial charge is 0.179 e. The lowest BCUT2D eigenvalue weighted by Gasteiger charge is -2.20. The molecule has 0 amide bonds. The van der Waals surface area contributed by atoms with Gasteiger partial charge in [-0.1, -0.05) is 31.5 Å². The molecule has 0 aliphatic heterocycles. The number of halogens is 1. The molecule has 112 valence electrons. The van der Waals surface area contributed by atoms with Crippen LogP contribution in [0, 0.1) is 11.8 Å². The van der Waals surface area contributed by atoms with E-state index in [0.29, 0.717) is 28.5 Å². The molecule has 1 aromatic rings. The van der Waals surface area contributed by atoms with Gasteiger partial charge in [-0.05, 0) is 36.3 Å². The summed E-state index contributed by atoms with van der Waals surface area (Å²) >= 11 is 6.40. The van der Waals surface area contributed by atoms with Gasteiger partial charge in [0.1, 0.15) is 0 Å². The number of rotatable bonds is 5. The summed E-state index contributed by atoms with van der Waals surface area (Å²) in [6, 6.07) is 4.48. The van der Waals surface area contributed by atoms with Gasteiger partial charge in [-0.3, -0.25) is 0 Å². The first-order valence-corrected chi connectivity index (χ1v) is 7.59. The lowest BCUT2D eigenvalue weighted by molar-refractivity contribution is 0.353. The summed E-state index contributed by atoms with van der Waals surface area (Å²) in [4.78, 5) is 0. The first-order chi connectivity index (χ1) is 9.58. The highest BCUT2D eigenvalue weighted by Gasteiger charge is 2.29. The quantitative estimate of drug-likeness (QED) is 0.894. The van der Waals surface area contributed by atoms with E-state index >= 15 is 0 Å². The van der Waals surface area contributed by atoms with Crippen LogP contribution >= 0.6 is 11.6 Å². The normalized spacial score (nSPS) is 25.8. The van der Waals surface area contributed by atoms with Gasteiger partial charge in [0.05, 0.1) is 19.2 Å². The summed E-state index contributed by atoms with van der Waals surface area (Å²) < 4.78 is 10.6. The van der Waals surface area contributed by atoms with Gasteiger partial charge >= 0.3 is 0 Å². The summed E-state index contributed by atoms with van der Waals surface area (Å²) in [6.45, 7) is 5.42. The molecule has 3 nitrogen and oxygen atoms in total. The van der Waals surface area contributed by atoms with Crippen LogP contribution in [-0.4, -0.2) is 20.3 Å². The van der Waals surface area contributed by atoms with Gasteiger partial charge in [-0.15, -0.1) is 0 Å². The Kier molecular flexibility index (Phi) is 5.17. The second kappa shape index (κ2) is 6.68. The average Bonchev–Trinajstić information content (AvgIpc) is 2.77. The molecule has 0 aromatic heterocycles. The molecule has 0 radical (unpaired) electrons. The number of methoxy groups -OCH3 is 2. The molecule has 1 aliphatic carbocycles. The first-order valence-electron chi connectivity index (χ1n) is 7.21. The molecule has 1 aliphatic rings. The lowest BCUT2D eigenvalue weighted by Crippen LogP contribution is -2.32. The fourth-order valence-electron chi connectivity index (χ4n) is 2.96. The molecular formula is C16H24ClNO2. The van der Waals surface area contributed by atoms with Crippen molar-refractivity contribution >= 4 is 11.6 Å². The van der Waals surface area contributed by atoms with E-state index in [1.165, 1.54) is 12.8 Å². The summed E-state index contributed by atoms with van der Waals surface area (Å²) in [5, 5.41) is 4.26. The zero-order valence-electron chi connectivity index (χ0n) is 12.7. The van der Waals surface area contributed by atoms with E-state index in [1.807, 2.05) is 12.1 Å². The molecule has 20 heavy (non-hydrogen) atoms. The summed E-state index contributed by atoms with van der Waals surface area (Å²) in [5.74, 6) is 2.80. The van der Waals surface area contributed by atoms with Crippen molar-refractivity contribution in [3.8, 4) is 11.5 Å². The summed E-state index contributed by atoms with van der Waals surface area (Å²) in [7, 11) is 3.23. The maximum absolute atomic E-state index is 6.40. The van der Waals surface area contributed by atoms with Crippen LogP contribution < -0.4 is 14.8 Å². The van der Waals surface area contributed by atoms with Gasteiger partial charge in [-0.2, -0.15) is 0 Å². The molecule has 1 fully saturated rings. The third kappa shape index (κ3) is 3.04. The van der Waals surface area contributed by atoms with E-state index in [2.05, 4.69) is 19.2 Å². The molecule has 0 heterocycles. The monoisotopic (exact) mass is 297 g/mol. The zero-order valence-corrected chi connectivity index (χ0v) is 13.5. The van der Waals surface area contributed by atoms with Crippen LogP contribution in [0.2, 0.25) is 5.02 Å². The van der Waals surface area contributed by atoms with Gasteiger partial charge < -0.3 is 14.8 Å². The Balaban J connectivity index is 2.07. The molecule has 1 saturated carbocycles. The summed E-state index contributed by atoms with van der Waals surface area (Å²) in [6.07, 6.45) is 2.55. The number of hydrogen-bond donors (Lipinski definition) is 1. The van der Waals surface area contributed by atoms with E-state index in [9.17, 15) is 0 Å². The van der Waals surface area contributed by atoms with Crippen molar-refractivity contribution < 1.29 is 9.47 Å². The van der Waals surface area contributed by atoms with Crippen LogP contribution in [0.4, 0.5) is 0 Å². The fourth-order valence-corrected chi connectivity index (χ4v) is 3.26. The predicted octanol–water partition coefficient (Wildman–Crippen LogP) is 3.88. The molecule has 0 bridgehead atoms. The third-order valence-electron chi connectivity index (χ3n) is 4.58. The zero-order chi connectivity index (χ0) is 14.7. The molecule has 2 rings (SSSR count). The van der Waals surface area contributed by atoms with E-state index < -0.39 is 0 Å². The molecule has 0 saturated heterocycles. The molecule has 0 spiro atoms. The standard InChI is InChI=1S/C16H24ClNO2/c1-10-5-7-13(11(10)2)18-9-12-6-8-14(19-3)16(20-4)15(12)17/h6,8,10-11,13,18H,5,7,9H2,1-4H3. The Morgan fingerprint density at radius 2 is 1.95 bits per heavy atom. The maximum Gasteiger partial charge on any atom is 0.179 e. The predicted molar refractivity (Wildman–Crippen MR) is 82.7 cm³/mol. The molecule has 3 unspecified atom stereocenters. The van der Waals surface area contributed by atoms with E-state index in [-0.39, 0.29) is 0 Å². The Labute approximate surface area is 126 Å². The average molecular weight is 298 g/mol. The Bertz CT molecular complexity index is 464. The van der Waals surface area contributed by atoms with Crippen molar-refractivity contribution in [3.63, 3.8) is 0 Å².